The lowest BCUT2D eigenvalue weighted by Gasteiger charge is -2.29. The molecule has 1 aliphatic carbocycles. The second kappa shape index (κ2) is 9.89. The van der Waals surface area contributed by atoms with Gasteiger partial charge in [0.05, 0.1) is 10.5 Å². The Labute approximate surface area is 165 Å². The van der Waals surface area contributed by atoms with Crippen LogP contribution in [0.1, 0.15) is 37.7 Å². The molecule has 0 saturated heterocycles. The highest BCUT2D eigenvalue weighted by molar-refractivity contribution is 7.89. The fourth-order valence-corrected chi connectivity index (χ4v) is 4.78. The van der Waals surface area contributed by atoms with Crippen molar-refractivity contribution < 1.29 is 21.6 Å². The second-order valence-corrected chi connectivity index (χ2v) is 9.52. The minimum absolute atomic E-state index is 0.111. The van der Waals surface area contributed by atoms with E-state index in [0.717, 1.165) is 69.5 Å². The van der Waals surface area contributed by atoms with Crippen molar-refractivity contribution in [1.29, 1.82) is 0 Å². The molecular formula is C20H29F3N2O2S. The number of rotatable bonds is 9. The summed E-state index contributed by atoms with van der Waals surface area (Å²) in [5.74, 6) is 1.14. The molecule has 0 heterocycles. The van der Waals surface area contributed by atoms with Gasteiger partial charge in [-0.1, -0.05) is 18.9 Å². The van der Waals surface area contributed by atoms with Gasteiger partial charge in [0.25, 0.3) is 0 Å². The highest BCUT2D eigenvalue weighted by Crippen LogP contribution is 2.32. The van der Waals surface area contributed by atoms with Gasteiger partial charge < -0.3 is 5.32 Å². The fourth-order valence-electron chi connectivity index (χ4n) is 3.59. The third-order valence-corrected chi connectivity index (χ3v) is 7.30. The van der Waals surface area contributed by atoms with E-state index in [2.05, 4.69) is 11.9 Å². The van der Waals surface area contributed by atoms with E-state index < -0.39 is 21.8 Å². The predicted molar refractivity (Wildman–Crippen MR) is 104 cm³/mol. The fraction of sp³-hybridized carbons (Fsp3) is 0.600. The standard InChI is InChI=1S/C20H29F3N2O2S/c1-3-13-24-15-17-6-4-16(5-7-17)12-14-25(2)28(26,27)19-10-8-18(9-11-19)20(21,22)23/h3,8-11,16-17,24H,1,4-7,12-15H2,2H3/t16-,17-. The van der Waals surface area contributed by atoms with Crippen LogP contribution in [-0.4, -0.2) is 39.4 Å². The van der Waals surface area contributed by atoms with E-state index in [1.54, 1.807) is 0 Å². The summed E-state index contributed by atoms with van der Waals surface area (Å²) in [5, 5.41) is 3.35. The molecule has 0 aliphatic heterocycles. The van der Waals surface area contributed by atoms with Crippen LogP contribution in [0.25, 0.3) is 0 Å². The lowest BCUT2D eigenvalue weighted by molar-refractivity contribution is -0.137. The van der Waals surface area contributed by atoms with E-state index in [-0.39, 0.29) is 4.90 Å². The Balaban J connectivity index is 1.84. The first-order valence-electron chi connectivity index (χ1n) is 9.59. The van der Waals surface area contributed by atoms with Crippen LogP contribution in [-0.2, 0) is 16.2 Å². The second-order valence-electron chi connectivity index (χ2n) is 7.47. The van der Waals surface area contributed by atoms with Crippen LogP contribution in [0.5, 0.6) is 0 Å². The molecule has 1 saturated carbocycles. The largest absolute Gasteiger partial charge is 0.416 e. The SMILES string of the molecule is C=CCNC[C@H]1CC[C@H](CCN(C)S(=O)(=O)c2ccc(C(F)(F)F)cc2)CC1. The highest BCUT2D eigenvalue weighted by atomic mass is 32.2. The topological polar surface area (TPSA) is 49.4 Å². The Morgan fingerprint density at radius 3 is 2.25 bits per heavy atom. The number of hydrogen-bond acceptors (Lipinski definition) is 3. The number of halogens is 3. The summed E-state index contributed by atoms with van der Waals surface area (Å²) in [5.41, 5.74) is -0.853. The minimum Gasteiger partial charge on any atom is -0.313 e. The maximum absolute atomic E-state index is 12.6. The van der Waals surface area contributed by atoms with Crippen molar-refractivity contribution in [2.45, 2.75) is 43.2 Å². The van der Waals surface area contributed by atoms with Crippen molar-refractivity contribution in [2.75, 3.05) is 26.7 Å². The molecule has 0 spiro atoms. The van der Waals surface area contributed by atoms with Gasteiger partial charge in [-0.25, -0.2) is 12.7 Å². The molecule has 0 atom stereocenters. The summed E-state index contributed by atoms with van der Waals surface area (Å²) in [6, 6.07) is 3.66. The summed E-state index contributed by atoms with van der Waals surface area (Å²) >= 11 is 0. The molecule has 0 amide bonds. The lowest BCUT2D eigenvalue weighted by atomic mass is 9.80. The van der Waals surface area contributed by atoms with Crippen molar-refractivity contribution in [3.63, 3.8) is 0 Å². The van der Waals surface area contributed by atoms with Crippen LogP contribution < -0.4 is 5.32 Å². The molecule has 0 aromatic heterocycles. The molecule has 4 nitrogen and oxygen atoms in total. The first-order valence-corrected chi connectivity index (χ1v) is 11.0. The number of nitrogens with one attached hydrogen (secondary N) is 1. The lowest BCUT2D eigenvalue weighted by Crippen LogP contribution is -2.31. The minimum atomic E-state index is -4.48. The van der Waals surface area contributed by atoms with Crippen molar-refractivity contribution in [2.24, 2.45) is 11.8 Å². The Hall–Kier alpha value is -1.38. The molecule has 1 N–H and O–H groups in total. The van der Waals surface area contributed by atoms with E-state index in [1.165, 1.54) is 11.4 Å². The molecule has 1 aromatic carbocycles. The average Bonchev–Trinajstić information content (AvgIpc) is 2.66. The Morgan fingerprint density at radius 2 is 1.71 bits per heavy atom. The number of hydrogen-bond donors (Lipinski definition) is 1. The summed E-state index contributed by atoms with van der Waals surface area (Å²) in [7, 11) is -2.30. The van der Waals surface area contributed by atoms with Gasteiger partial charge in [-0.3, -0.25) is 0 Å². The number of benzene rings is 1. The van der Waals surface area contributed by atoms with Crippen LogP contribution in [0.3, 0.4) is 0 Å². The van der Waals surface area contributed by atoms with Gasteiger partial charge in [-0.15, -0.1) is 6.58 Å². The maximum Gasteiger partial charge on any atom is 0.416 e. The van der Waals surface area contributed by atoms with Crippen LogP contribution >= 0.6 is 0 Å². The number of alkyl halides is 3. The Morgan fingerprint density at radius 1 is 1.14 bits per heavy atom. The van der Waals surface area contributed by atoms with Gasteiger partial charge in [0.2, 0.25) is 10.0 Å². The molecule has 1 aliphatic rings. The smallest absolute Gasteiger partial charge is 0.313 e. The summed E-state index contributed by atoms with van der Waals surface area (Å²) in [4.78, 5) is -0.111. The quantitative estimate of drug-likeness (QED) is 0.481. The van der Waals surface area contributed by atoms with Crippen LogP contribution in [0.4, 0.5) is 13.2 Å². The first kappa shape index (κ1) is 22.9. The van der Waals surface area contributed by atoms with Gasteiger partial charge in [-0.2, -0.15) is 13.2 Å². The normalized spacial score (nSPS) is 21.0. The zero-order valence-corrected chi connectivity index (χ0v) is 17.0. The molecule has 0 unspecified atom stereocenters. The Bertz CT molecular complexity index is 725. The molecule has 1 aromatic rings. The number of nitrogens with zero attached hydrogens (tertiary/aromatic N) is 1. The van der Waals surface area contributed by atoms with Crippen molar-refractivity contribution in [1.82, 2.24) is 9.62 Å². The van der Waals surface area contributed by atoms with E-state index in [1.807, 2.05) is 6.08 Å². The Kier molecular flexibility index (Phi) is 8.09. The molecule has 8 heteroatoms. The van der Waals surface area contributed by atoms with Gasteiger partial charge in [0.1, 0.15) is 0 Å². The maximum atomic E-state index is 12.6. The monoisotopic (exact) mass is 418 g/mol. The highest BCUT2D eigenvalue weighted by Gasteiger charge is 2.31. The third kappa shape index (κ3) is 6.32. The molecule has 2 rings (SSSR count). The van der Waals surface area contributed by atoms with Crippen molar-refractivity contribution in [3.8, 4) is 0 Å². The molecule has 28 heavy (non-hydrogen) atoms. The van der Waals surface area contributed by atoms with Crippen molar-refractivity contribution in [3.05, 3.63) is 42.5 Å². The average molecular weight is 419 g/mol. The summed E-state index contributed by atoms with van der Waals surface area (Å²) < 4.78 is 64.4. The first-order chi connectivity index (χ1) is 13.1. The van der Waals surface area contributed by atoms with E-state index >= 15 is 0 Å². The van der Waals surface area contributed by atoms with Gasteiger partial charge in [0, 0.05) is 20.1 Å². The third-order valence-electron chi connectivity index (χ3n) is 5.43. The zero-order chi connectivity index (χ0) is 20.8. The molecule has 0 bridgehead atoms. The van der Waals surface area contributed by atoms with Crippen LogP contribution in [0.2, 0.25) is 0 Å². The predicted octanol–water partition coefficient (Wildman–Crippen LogP) is 4.30. The zero-order valence-electron chi connectivity index (χ0n) is 16.2. The molecule has 1 fully saturated rings. The van der Waals surface area contributed by atoms with Gasteiger partial charge in [0.15, 0.2) is 0 Å². The summed E-state index contributed by atoms with van der Waals surface area (Å²) in [6.07, 6.45) is 2.55. The molecule has 0 radical (unpaired) electrons. The van der Waals surface area contributed by atoms with Gasteiger partial charge in [-0.05, 0) is 61.9 Å². The molecular weight excluding hydrogens is 389 g/mol. The van der Waals surface area contributed by atoms with E-state index in [0.29, 0.717) is 18.4 Å². The van der Waals surface area contributed by atoms with E-state index in [9.17, 15) is 21.6 Å². The number of sulfonamides is 1. The van der Waals surface area contributed by atoms with E-state index in [4.69, 9.17) is 0 Å². The van der Waals surface area contributed by atoms with Crippen molar-refractivity contribution >= 4 is 10.0 Å². The van der Waals surface area contributed by atoms with Crippen LogP contribution in [0.15, 0.2) is 41.8 Å². The molecule has 158 valence electrons. The van der Waals surface area contributed by atoms with Crippen LogP contribution in [0, 0.1) is 11.8 Å². The summed E-state index contributed by atoms with van der Waals surface area (Å²) in [6.45, 7) is 5.85. The van der Waals surface area contributed by atoms with Gasteiger partial charge >= 0.3 is 6.18 Å².